The van der Waals surface area contributed by atoms with Gasteiger partial charge in [-0.1, -0.05) is 0 Å². The van der Waals surface area contributed by atoms with Crippen molar-refractivity contribution in [2.45, 2.75) is 13.0 Å². The van der Waals surface area contributed by atoms with E-state index in [4.69, 9.17) is 0 Å². The lowest BCUT2D eigenvalue weighted by molar-refractivity contribution is 0.285. The number of hydrogen-bond acceptors (Lipinski definition) is 3. The van der Waals surface area contributed by atoms with Gasteiger partial charge in [0.1, 0.15) is 11.5 Å². The van der Waals surface area contributed by atoms with Gasteiger partial charge in [0, 0.05) is 25.3 Å². The molecule has 1 aromatic heterocycles. The van der Waals surface area contributed by atoms with Crippen molar-refractivity contribution < 1.29 is 4.39 Å². The molecule has 17 heavy (non-hydrogen) atoms. The Morgan fingerprint density at radius 2 is 2.18 bits per heavy atom. The Balaban J connectivity index is 2.06. The van der Waals surface area contributed by atoms with E-state index in [1.54, 1.807) is 6.08 Å². The number of fused-ring (bicyclic) bond motifs is 3. The maximum absolute atomic E-state index is 14.0. The molecule has 2 aliphatic heterocycles. The summed E-state index contributed by atoms with van der Waals surface area (Å²) in [7, 11) is 2.08. The number of anilines is 1. The second kappa shape index (κ2) is 3.81. The number of likely N-dealkylation sites (N-methyl/N-ethyl adjacent to an activating group) is 1. The minimum absolute atomic E-state index is 0.144. The highest BCUT2D eigenvalue weighted by Crippen LogP contribution is 2.34. The normalized spacial score (nSPS) is 24.1. The lowest BCUT2D eigenvalue weighted by Crippen LogP contribution is -2.52. The molecule has 1 unspecified atom stereocenters. The van der Waals surface area contributed by atoms with Crippen LogP contribution in [0.25, 0.3) is 5.83 Å². The van der Waals surface area contributed by atoms with Crippen LogP contribution >= 0.6 is 0 Å². The molecule has 0 aromatic carbocycles. The average molecular weight is 233 g/mol. The van der Waals surface area contributed by atoms with Crippen LogP contribution in [-0.4, -0.2) is 42.6 Å². The molecule has 3 nitrogen and oxygen atoms in total. The van der Waals surface area contributed by atoms with Gasteiger partial charge in [-0.2, -0.15) is 0 Å². The summed E-state index contributed by atoms with van der Waals surface area (Å²) in [5.41, 5.74) is 2.30. The molecular formula is C13H16FN3. The first-order valence-electron chi connectivity index (χ1n) is 5.95. The monoisotopic (exact) mass is 233 g/mol. The van der Waals surface area contributed by atoms with Crippen LogP contribution in [0.4, 0.5) is 10.1 Å². The standard InChI is InChI=1S/C13H16FN3/c1-9-3-4-12-13(15-9)11(14)7-10-8-16(2)5-6-17(10)12/h3-4,7,10H,5-6,8H2,1-2H3. The van der Waals surface area contributed by atoms with Crippen molar-refractivity contribution in [3.8, 4) is 0 Å². The van der Waals surface area contributed by atoms with Crippen molar-refractivity contribution in [1.82, 2.24) is 9.88 Å². The Morgan fingerprint density at radius 1 is 1.35 bits per heavy atom. The summed E-state index contributed by atoms with van der Waals surface area (Å²) >= 11 is 0. The van der Waals surface area contributed by atoms with Crippen LogP contribution in [0.1, 0.15) is 11.4 Å². The van der Waals surface area contributed by atoms with E-state index in [0.717, 1.165) is 31.0 Å². The summed E-state index contributed by atoms with van der Waals surface area (Å²) in [5.74, 6) is -0.180. The SMILES string of the molecule is Cc1ccc2c(n1)C(F)=CC1CN(C)CCN21. The van der Waals surface area contributed by atoms with Crippen LogP contribution < -0.4 is 4.90 Å². The second-order valence-corrected chi connectivity index (χ2v) is 4.86. The number of pyridine rings is 1. The largest absolute Gasteiger partial charge is 0.361 e. The van der Waals surface area contributed by atoms with Gasteiger partial charge in [0.15, 0.2) is 0 Å². The molecule has 0 aliphatic carbocycles. The lowest BCUT2D eigenvalue weighted by Gasteiger charge is -2.42. The third kappa shape index (κ3) is 1.72. The van der Waals surface area contributed by atoms with E-state index < -0.39 is 0 Å². The van der Waals surface area contributed by atoms with Gasteiger partial charge in [-0.15, -0.1) is 0 Å². The molecule has 1 fully saturated rings. The fourth-order valence-electron chi connectivity index (χ4n) is 2.60. The predicted molar refractivity (Wildman–Crippen MR) is 66.7 cm³/mol. The summed E-state index contributed by atoms with van der Waals surface area (Å²) in [6.45, 7) is 4.71. The number of aromatic nitrogens is 1. The van der Waals surface area contributed by atoms with Crippen LogP contribution in [0.3, 0.4) is 0 Å². The Kier molecular flexibility index (Phi) is 2.40. The van der Waals surface area contributed by atoms with Crippen LogP contribution in [-0.2, 0) is 0 Å². The molecule has 3 rings (SSSR count). The van der Waals surface area contributed by atoms with Gasteiger partial charge in [0.25, 0.3) is 0 Å². The van der Waals surface area contributed by atoms with Crippen molar-refractivity contribution in [1.29, 1.82) is 0 Å². The number of aryl methyl sites for hydroxylation is 1. The van der Waals surface area contributed by atoms with Gasteiger partial charge in [-0.05, 0) is 32.2 Å². The summed E-state index contributed by atoms with van der Waals surface area (Å²) in [6.07, 6.45) is 1.70. The molecule has 90 valence electrons. The number of halogens is 1. The molecule has 1 aromatic rings. The maximum Gasteiger partial charge on any atom is 0.149 e. The van der Waals surface area contributed by atoms with E-state index in [0.29, 0.717) is 5.69 Å². The Hall–Kier alpha value is -1.42. The number of rotatable bonds is 0. The van der Waals surface area contributed by atoms with Gasteiger partial charge in [0.05, 0.1) is 11.7 Å². The third-order valence-corrected chi connectivity index (χ3v) is 3.51. The summed E-state index contributed by atoms with van der Waals surface area (Å²) in [4.78, 5) is 8.79. The highest BCUT2D eigenvalue weighted by atomic mass is 19.1. The van der Waals surface area contributed by atoms with Crippen molar-refractivity contribution in [3.63, 3.8) is 0 Å². The molecule has 2 aliphatic rings. The average Bonchev–Trinajstić information content (AvgIpc) is 2.29. The van der Waals surface area contributed by atoms with Gasteiger partial charge in [0.2, 0.25) is 0 Å². The smallest absolute Gasteiger partial charge is 0.149 e. The third-order valence-electron chi connectivity index (χ3n) is 3.51. The van der Waals surface area contributed by atoms with E-state index in [1.807, 2.05) is 19.1 Å². The summed E-state index contributed by atoms with van der Waals surface area (Å²) in [6, 6.07) is 4.08. The molecule has 0 saturated carbocycles. The second-order valence-electron chi connectivity index (χ2n) is 4.86. The molecular weight excluding hydrogens is 217 g/mol. The molecule has 4 heteroatoms. The van der Waals surface area contributed by atoms with Crippen molar-refractivity contribution >= 4 is 11.5 Å². The first-order chi connectivity index (χ1) is 8.15. The molecule has 0 bridgehead atoms. The van der Waals surface area contributed by atoms with Crippen LogP contribution in [0, 0.1) is 6.92 Å². The number of nitrogens with zero attached hydrogens (tertiary/aromatic N) is 3. The van der Waals surface area contributed by atoms with Crippen LogP contribution in [0.2, 0.25) is 0 Å². The van der Waals surface area contributed by atoms with E-state index in [1.165, 1.54) is 0 Å². The van der Waals surface area contributed by atoms with E-state index in [-0.39, 0.29) is 11.9 Å². The van der Waals surface area contributed by atoms with Crippen molar-refractivity contribution in [2.24, 2.45) is 0 Å². The molecule has 1 atom stereocenters. The van der Waals surface area contributed by atoms with Crippen molar-refractivity contribution in [3.05, 3.63) is 29.6 Å². The van der Waals surface area contributed by atoms with E-state index >= 15 is 0 Å². The summed E-state index contributed by atoms with van der Waals surface area (Å²) < 4.78 is 14.0. The zero-order chi connectivity index (χ0) is 12.0. The van der Waals surface area contributed by atoms with Gasteiger partial charge >= 0.3 is 0 Å². The topological polar surface area (TPSA) is 19.4 Å². The first kappa shape index (κ1) is 10.7. The molecule has 0 N–H and O–H groups in total. The Labute approximate surface area is 101 Å². The molecule has 0 radical (unpaired) electrons. The van der Waals surface area contributed by atoms with E-state index in [2.05, 4.69) is 21.8 Å². The minimum atomic E-state index is -0.180. The molecule has 0 amide bonds. The van der Waals surface area contributed by atoms with Gasteiger partial charge in [-0.3, -0.25) is 0 Å². The molecule has 1 saturated heterocycles. The zero-order valence-electron chi connectivity index (χ0n) is 10.2. The Bertz CT molecular complexity index is 484. The fraction of sp³-hybridized carbons (Fsp3) is 0.462. The van der Waals surface area contributed by atoms with Crippen LogP contribution in [0.5, 0.6) is 0 Å². The predicted octanol–water partition coefficient (Wildman–Crippen LogP) is 1.83. The van der Waals surface area contributed by atoms with Gasteiger partial charge < -0.3 is 9.80 Å². The van der Waals surface area contributed by atoms with E-state index in [9.17, 15) is 4.39 Å². The van der Waals surface area contributed by atoms with Crippen molar-refractivity contribution in [2.75, 3.05) is 31.6 Å². The molecule has 0 spiro atoms. The quantitative estimate of drug-likeness (QED) is 0.681. The minimum Gasteiger partial charge on any atom is -0.361 e. The highest BCUT2D eigenvalue weighted by molar-refractivity contribution is 5.75. The number of hydrogen-bond donors (Lipinski definition) is 0. The first-order valence-corrected chi connectivity index (χ1v) is 5.95. The fourth-order valence-corrected chi connectivity index (χ4v) is 2.60. The van der Waals surface area contributed by atoms with Gasteiger partial charge in [-0.25, -0.2) is 9.37 Å². The maximum atomic E-state index is 14.0. The highest BCUT2D eigenvalue weighted by Gasteiger charge is 2.31. The lowest BCUT2D eigenvalue weighted by atomic mass is 10.0. The number of piperazine rings is 1. The molecule has 3 heterocycles. The summed E-state index contributed by atoms with van der Waals surface area (Å²) in [5, 5.41) is 0. The van der Waals surface area contributed by atoms with Crippen LogP contribution in [0.15, 0.2) is 18.2 Å². The Morgan fingerprint density at radius 3 is 3.00 bits per heavy atom. The zero-order valence-corrected chi connectivity index (χ0v) is 10.2.